The molecule has 23 heavy (non-hydrogen) atoms. The molecular weight excluding hydrogens is 288 g/mol. The van der Waals surface area contributed by atoms with Crippen LogP contribution in [0.25, 0.3) is 0 Å². The largest absolute Gasteiger partial charge is 0.497 e. The summed E-state index contributed by atoms with van der Waals surface area (Å²) in [7, 11) is 1.71. The summed E-state index contributed by atoms with van der Waals surface area (Å²) >= 11 is 0. The van der Waals surface area contributed by atoms with E-state index in [0.29, 0.717) is 6.04 Å². The van der Waals surface area contributed by atoms with Crippen molar-refractivity contribution in [1.29, 1.82) is 0 Å². The van der Waals surface area contributed by atoms with E-state index >= 15 is 0 Å². The number of hydrogen-bond acceptors (Lipinski definition) is 4. The Kier molecular flexibility index (Phi) is 5.92. The van der Waals surface area contributed by atoms with E-state index in [2.05, 4.69) is 21.9 Å². The maximum absolute atomic E-state index is 10.2. The summed E-state index contributed by atoms with van der Waals surface area (Å²) < 4.78 is 5.21. The molecule has 2 atom stereocenters. The first-order valence-corrected chi connectivity index (χ1v) is 9.03. The molecule has 2 aliphatic rings. The van der Waals surface area contributed by atoms with Gasteiger partial charge in [0.1, 0.15) is 5.75 Å². The molecule has 3 rings (SSSR count). The van der Waals surface area contributed by atoms with Crippen molar-refractivity contribution in [3.8, 4) is 5.75 Å². The van der Waals surface area contributed by atoms with Crippen molar-refractivity contribution >= 4 is 0 Å². The highest BCUT2D eigenvalue weighted by Gasteiger charge is 2.30. The Morgan fingerprint density at radius 3 is 2.39 bits per heavy atom. The van der Waals surface area contributed by atoms with E-state index in [9.17, 15) is 5.11 Å². The Morgan fingerprint density at radius 1 is 1.04 bits per heavy atom. The van der Waals surface area contributed by atoms with Crippen LogP contribution in [0.5, 0.6) is 5.75 Å². The number of aliphatic hydroxyl groups excluding tert-OH is 1. The number of nitrogens with zero attached hydrogens (tertiary/aromatic N) is 2. The van der Waals surface area contributed by atoms with Gasteiger partial charge in [-0.05, 0) is 37.0 Å². The topological polar surface area (TPSA) is 35.9 Å². The molecule has 1 aromatic rings. The number of piperazine rings is 1. The van der Waals surface area contributed by atoms with Crippen molar-refractivity contribution in [3.63, 3.8) is 0 Å². The van der Waals surface area contributed by atoms with Crippen LogP contribution in [0.4, 0.5) is 0 Å². The molecule has 0 amide bonds. The van der Waals surface area contributed by atoms with E-state index in [1.807, 2.05) is 12.1 Å². The van der Waals surface area contributed by atoms with Gasteiger partial charge in [0.2, 0.25) is 0 Å². The van der Waals surface area contributed by atoms with Crippen LogP contribution in [-0.2, 0) is 6.42 Å². The Hall–Kier alpha value is -1.10. The van der Waals surface area contributed by atoms with E-state index in [4.69, 9.17) is 4.74 Å². The molecule has 4 heteroatoms. The van der Waals surface area contributed by atoms with Gasteiger partial charge in [-0.2, -0.15) is 0 Å². The highest BCUT2D eigenvalue weighted by molar-refractivity contribution is 5.27. The summed E-state index contributed by atoms with van der Waals surface area (Å²) in [6.45, 7) is 5.57. The van der Waals surface area contributed by atoms with Gasteiger partial charge in [0, 0.05) is 38.8 Å². The van der Waals surface area contributed by atoms with Gasteiger partial charge in [-0.3, -0.25) is 4.90 Å². The predicted molar refractivity (Wildman–Crippen MR) is 93.0 cm³/mol. The van der Waals surface area contributed by atoms with Gasteiger partial charge in [0.05, 0.1) is 13.2 Å². The van der Waals surface area contributed by atoms with Gasteiger partial charge in [0.15, 0.2) is 0 Å². The van der Waals surface area contributed by atoms with Crippen molar-refractivity contribution in [3.05, 3.63) is 29.8 Å². The van der Waals surface area contributed by atoms with Gasteiger partial charge >= 0.3 is 0 Å². The molecule has 2 fully saturated rings. The van der Waals surface area contributed by atoms with E-state index in [-0.39, 0.29) is 6.10 Å². The van der Waals surface area contributed by atoms with Crippen LogP contribution in [0.15, 0.2) is 24.3 Å². The molecule has 1 aliphatic carbocycles. The van der Waals surface area contributed by atoms with Crippen LogP contribution in [0.3, 0.4) is 0 Å². The smallest absolute Gasteiger partial charge is 0.118 e. The molecule has 1 aromatic carbocycles. The average Bonchev–Trinajstić information content (AvgIpc) is 2.61. The SMILES string of the molecule is COc1ccc(CCN2CCN(C3CCCCC3O)CC2)cc1. The summed E-state index contributed by atoms with van der Waals surface area (Å²) in [6.07, 6.45) is 5.62. The van der Waals surface area contributed by atoms with Crippen LogP contribution in [0.1, 0.15) is 31.2 Å². The lowest BCUT2D eigenvalue weighted by atomic mass is 9.91. The number of aliphatic hydroxyl groups is 1. The molecule has 1 saturated heterocycles. The number of ether oxygens (including phenoxy) is 1. The van der Waals surface area contributed by atoms with Crippen molar-refractivity contribution in [2.24, 2.45) is 0 Å². The third-order valence-electron chi connectivity index (χ3n) is 5.45. The highest BCUT2D eigenvalue weighted by Crippen LogP contribution is 2.24. The molecule has 1 saturated carbocycles. The first-order chi connectivity index (χ1) is 11.3. The lowest BCUT2D eigenvalue weighted by Crippen LogP contribution is -2.54. The van der Waals surface area contributed by atoms with Crippen molar-refractivity contribution in [1.82, 2.24) is 9.80 Å². The third-order valence-corrected chi connectivity index (χ3v) is 5.45. The lowest BCUT2D eigenvalue weighted by molar-refractivity contribution is -0.00329. The van der Waals surface area contributed by atoms with E-state index in [0.717, 1.165) is 51.3 Å². The second-order valence-electron chi connectivity index (χ2n) is 6.89. The summed E-state index contributed by atoms with van der Waals surface area (Å²) in [5, 5.41) is 10.2. The Balaban J connectivity index is 1.42. The quantitative estimate of drug-likeness (QED) is 0.902. The molecule has 0 radical (unpaired) electrons. The lowest BCUT2D eigenvalue weighted by Gasteiger charge is -2.42. The zero-order valence-electron chi connectivity index (χ0n) is 14.3. The molecular formula is C19H30N2O2. The number of hydrogen-bond donors (Lipinski definition) is 1. The minimum absolute atomic E-state index is 0.102. The second kappa shape index (κ2) is 8.13. The van der Waals surface area contributed by atoms with Crippen LogP contribution in [-0.4, -0.2) is 66.9 Å². The van der Waals surface area contributed by atoms with Crippen LogP contribution >= 0.6 is 0 Å². The number of benzene rings is 1. The fraction of sp³-hybridized carbons (Fsp3) is 0.684. The molecule has 1 N–H and O–H groups in total. The molecule has 1 aliphatic heterocycles. The van der Waals surface area contributed by atoms with Gasteiger partial charge in [0.25, 0.3) is 0 Å². The Labute approximate surface area is 140 Å². The van der Waals surface area contributed by atoms with Crippen molar-refractivity contribution < 1.29 is 9.84 Å². The Bertz CT molecular complexity index is 469. The van der Waals surface area contributed by atoms with Crippen LogP contribution in [0, 0.1) is 0 Å². The molecule has 128 valence electrons. The maximum atomic E-state index is 10.2. The van der Waals surface area contributed by atoms with Crippen LogP contribution in [0.2, 0.25) is 0 Å². The maximum Gasteiger partial charge on any atom is 0.118 e. The fourth-order valence-corrected chi connectivity index (χ4v) is 3.92. The Morgan fingerprint density at radius 2 is 1.74 bits per heavy atom. The molecule has 4 nitrogen and oxygen atoms in total. The van der Waals surface area contributed by atoms with E-state index in [1.165, 1.54) is 24.8 Å². The summed E-state index contributed by atoms with van der Waals surface area (Å²) in [5.74, 6) is 0.924. The first-order valence-electron chi connectivity index (χ1n) is 9.03. The number of rotatable bonds is 5. The monoisotopic (exact) mass is 318 g/mol. The molecule has 1 heterocycles. The third kappa shape index (κ3) is 4.46. The van der Waals surface area contributed by atoms with Crippen molar-refractivity contribution in [2.45, 2.75) is 44.2 Å². The average molecular weight is 318 g/mol. The summed E-state index contributed by atoms with van der Waals surface area (Å²) in [6, 6.07) is 8.81. The predicted octanol–water partition coefficient (Wildman–Crippen LogP) is 2.16. The van der Waals surface area contributed by atoms with Gasteiger partial charge in [-0.1, -0.05) is 25.0 Å². The van der Waals surface area contributed by atoms with E-state index in [1.54, 1.807) is 7.11 Å². The van der Waals surface area contributed by atoms with Gasteiger partial charge < -0.3 is 14.7 Å². The first kappa shape index (κ1) is 16.7. The second-order valence-corrected chi connectivity index (χ2v) is 6.89. The molecule has 0 spiro atoms. The standard InChI is InChI=1S/C19H30N2O2/c1-23-17-8-6-16(7-9-17)10-11-20-12-14-21(15-13-20)18-4-2-3-5-19(18)22/h6-9,18-19,22H,2-5,10-15H2,1H3. The normalized spacial score (nSPS) is 27.0. The minimum Gasteiger partial charge on any atom is -0.497 e. The zero-order chi connectivity index (χ0) is 16.1. The summed E-state index contributed by atoms with van der Waals surface area (Å²) in [4.78, 5) is 5.07. The van der Waals surface area contributed by atoms with Crippen LogP contribution < -0.4 is 4.74 Å². The molecule has 0 bridgehead atoms. The minimum atomic E-state index is -0.102. The highest BCUT2D eigenvalue weighted by atomic mass is 16.5. The molecule has 2 unspecified atom stereocenters. The zero-order valence-corrected chi connectivity index (χ0v) is 14.3. The fourth-order valence-electron chi connectivity index (χ4n) is 3.92. The summed E-state index contributed by atoms with van der Waals surface area (Å²) in [5.41, 5.74) is 1.37. The van der Waals surface area contributed by atoms with Gasteiger partial charge in [-0.15, -0.1) is 0 Å². The van der Waals surface area contributed by atoms with E-state index < -0.39 is 0 Å². The van der Waals surface area contributed by atoms with Gasteiger partial charge in [-0.25, -0.2) is 0 Å². The molecule has 0 aromatic heterocycles. The number of methoxy groups -OCH3 is 1. The van der Waals surface area contributed by atoms with Crippen molar-refractivity contribution in [2.75, 3.05) is 39.8 Å².